The summed E-state index contributed by atoms with van der Waals surface area (Å²) in [7, 11) is 0. The van der Waals surface area contributed by atoms with Gasteiger partial charge in [0.25, 0.3) is 0 Å². The molecule has 12 heavy (non-hydrogen) atoms. The fourth-order valence-corrected chi connectivity index (χ4v) is 2.65. The van der Waals surface area contributed by atoms with E-state index in [2.05, 4.69) is 0 Å². The molecular weight excluding hydrogens is 155 g/mol. The molecule has 0 saturated heterocycles. The summed E-state index contributed by atoms with van der Waals surface area (Å²) in [6.07, 6.45) is 0.639. The number of hydrogen-bond donors (Lipinski definition) is 1. The lowest BCUT2D eigenvalue weighted by Crippen LogP contribution is -2.53. The van der Waals surface area contributed by atoms with Crippen LogP contribution in [-0.2, 0) is 0 Å². The van der Waals surface area contributed by atoms with Crippen LogP contribution in [0.4, 0.5) is 4.39 Å². The second-order valence-electron chi connectivity index (χ2n) is 5.11. The Morgan fingerprint density at radius 2 is 1.67 bits per heavy atom. The van der Waals surface area contributed by atoms with Crippen molar-refractivity contribution in [1.29, 1.82) is 0 Å². The molecule has 1 rings (SSSR count). The average Bonchev–Trinajstić information content (AvgIpc) is 1.81. The van der Waals surface area contributed by atoms with E-state index in [0.717, 1.165) is 0 Å². The normalized spacial score (nSPS) is 44.2. The van der Waals surface area contributed by atoms with Crippen LogP contribution in [0.25, 0.3) is 0 Å². The summed E-state index contributed by atoms with van der Waals surface area (Å²) in [5.41, 5.74) is -1.22. The minimum absolute atomic E-state index is 0.183. The maximum Gasteiger partial charge on any atom is 0.109 e. The van der Waals surface area contributed by atoms with Crippen LogP contribution >= 0.6 is 0 Å². The van der Waals surface area contributed by atoms with Crippen LogP contribution in [0.3, 0.4) is 0 Å². The van der Waals surface area contributed by atoms with Gasteiger partial charge in [-0.2, -0.15) is 0 Å². The topological polar surface area (TPSA) is 20.2 Å². The van der Waals surface area contributed by atoms with Gasteiger partial charge in [-0.05, 0) is 31.1 Å². The number of hydrogen-bond acceptors (Lipinski definition) is 1. The molecule has 2 heteroatoms. The summed E-state index contributed by atoms with van der Waals surface area (Å²) < 4.78 is 13.2. The predicted molar refractivity (Wildman–Crippen MR) is 47.7 cm³/mol. The molecule has 0 spiro atoms. The number of alkyl halides is 1. The van der Waals surface area contributed by atoms with Crippen molar-refractivity contribution in [2.24, 2.45) is 11.3 Å². The van der Waals surface area contributed by atoms with E-state index in [4.69, 9.17) is 0 Å². The molecule has 1 aliphatic rings. The highest BCUT2D eigenvalue weighted by Gasteiger charge is 2.53. The molecule has 1 aliphatic carbocycles. The van der Waals surface area contributed by atoms with Gasteiger partial charge < -0.3 is 5.11 Å². The first-order chi connectivity index (χ1) is 5.27. The molecule has 1 N–H and O–H groups in total. The van der Waals surface area contributed by atoms with Crippen LogP contribution in [-0.4, -0.2) is 16.9 Å². The van der Waals surface area contributed by atoms with Gasteiger partial charge in [0.2, 0.25) is 0 Å². The van der Waals surface area contributed by atoms with Crippen molar-refractivity contribution >= 4 is 0 Å². The van der Waals surface area contributed by atoms with E-state index in [1.54, 1.807) is 6.92 Å². The first-order valence-electron chi connectivity index (χ1n) is 4.64. The smallest absolute Gasteiger partial charge is 0.109 e. The second-order valence-corrected chi connectivity index (χ2v) is 5.11. The van der Waals surface area contributed by atoms with E-state index < -0.39 is 5.67 Å². The van der Waals surface area contributed by atoms with E-state index in [0.29, 0.717) is 12.8 Å². The summed E-state index contributed by atoms with van der Waals surface area (Å²) in [6.45, 7) is 7.54. The SMILES string of the molecule is CC(C)C(O)C1(C)CC(C)(F)C1. The first-order valence-corrected chi connectivity index (χ1v) is 4.64. The van der Waals surface area contributed by atoms with Crippen molar-refractivity contribution in [3.8, 4) is 0 Å². The van der Waals surface area contributed by atoms with E-state index in [9.17, 15) is 9.50 Å². The third kappa shape index (κ3) is 1.63. The molecule has 0 amide bonds. The largest absolute Gasteiger partial charge is 0.392 e. The standard InChI is InChI=1S/C10H19FO/c1-7(2)8(12)9(3)5-10(4,11)6-9/h7-8,12H,5-6H2,1-4H3. The fraction of sp³-hybridized carbons (Fsp3) is 1.00. The van der Waals surface area contributed by atoms with Gasteiger partial charge in [-0.25, -0.2) is 4.39 Å². The molecule has 0 radical (unpaired) electrons. The molecular formula is C10H19FO. The van der Waals surface area contributed by atoms with E-state index in [-0.39, 0.29) is 17.4 Å². The highest BCUT2D eigenvalue weighted by molar-refractivity contribution is 5.03. The Balaban J connectivity index is 2.55. The van der Waals surface area contributed by atoms with E-state index in [1.165, 1.54) is 0 Å². The molecule has 0 aromatic rings. The summed E-state index contributed by atoms with van der Waals surface area (Å²) in [5, 5.41) is 9.77. The van der Waals surface area contributed by atoms with Crippen LogP contribution in [0.2, 0.25) is 0 Å². The minimum atomic E-state index is -1.04. The molecule has 1 saturated carbocycles. The monoisotopic (exact) mass is 174 g/mol. The molecule has 1 unspecified atom stereocenters. The number of rotatable bonds is 2. The highest BCUT2D eigenvalue weighted by Crippen LogP contribution is 2.53. The minimum Gasteiger partial charge on any atom is -0.392 e. The van der Waals surface area contributed by atoms with Crippen molar-refractivity contribution in [3.05, 3.63) is 0 Å². The molecule has 1 nitrogen and oxygen atoms in total. The molecule has 1 atom stereocenters. The van der Waals surface area contributed by atoms with E-state index in [1.807, 2.05) is 20.8 Å². The van der Waals surface area contributed by atoms with Gasteiger partial charge in [-0.3, -0.25) is 0 Å². The lowest BCUT2D eigenvalue weighted by molar-refractivity contribution is -0.129. The van der Waals surface area contributed by atoms with Gasteiger partial charge in [0.1, 0.15) is 5.67 Å². The van der Waals surface area contributed by atoms with Gasteiger partial charge in [0, 0.05) is 0 Å². The van der Waals surface area contributed by atoms with Crippen LogP contribution in [0, 0.1) is 11.3 Å². The molecule has 0 aliphatic heterocycles. The summed E-state index contributed by atoms with van der Waals surface area (Å²) >= 11 is 0. The van der Waals surface area contributed by atoms with Crippen molar-refractivity contribution in [1.82, 2.24) is 0 Å². The lowest BCUT2D eigenvalue weighted by Gasteiger charge is -2.51. The quantitative estimate of drug-likeness (QED) is 0.682. The lowest BCUT2D eigenvalue weighted by atomic mass is 9.57. The van der Waals surface area contributed by atoms with Gasteiger partial charge in [0.15, 0.2) is 0 Å². The zero-order chi connectivity index (χ0) is 9.57. The van der Waals surface area contributed by atoms with Crippen molar-refractivity contribution in [2.45, 2.75) is 52.3 Å². The number of aliphatic hydroxyl groups excluding tert-OH is 1. The molecule has 72 valence electrons. The van der Waals surface area contributed by atoms with Crippen LogP contribution in [0.1, 0.15) is 40.5 Å². The molecule has 0 heterocycles. The number of aliphatic hydroxyl groups is 1. The first kappa shape index (κ1) is 9.97. The van der Waals surface area contributed by atoms with Crippen LogP contribution in [0.15, 0.2) is 0 Å². The molecule has 1 fully saturated rings. The summed E-state index contributed by atoms with van der Waals surface area (Å²) in [5.74, 6) is 0.228. The van der Waals surface area contributed by atoms with Crippen LogP contribution in [0.5, 0.6) is 0 Å². The maximum absolute atomic E-state index is 13.2. The Labute approximate surface area is 74.0 Å². The van der Waals surface area contributed by atoms with Gasteiger partial charge >= 0.3 is 0 Å². The average molecular weight is 174 g/mol. The van der Waals surface area contributed by atoms with Gasteiger partial charge in [-0.15, -0.1) is 0 Å². The zero-order valence-electron chi connectivity index (χ0n) is 8.39. The second kappa shape index (κ2) is 2.69. The Bertz CT molecular complexity index is 167. The molecule has 0 aromatic carbocycles. The number of halogens is 1. The van der Waals surface area contributed by atoms with Crippen molar-refractivity contribution in [3.63, 3.8) is 0 Å². The predicted octanol–water partition coefficient (Wildman–Crippen LogP) is 2.53. The maximum atomic E-state index is 13.2. The Kier molecular flexibility index (Phi) is 2.24. The summed E-state index contributed by atoms with van der Waals surface area (Å²) in [4.78, 5) is 0. The third-order valence-electron chi connectivity index (χ3n) is 2.89. The Morgan fingerprint density at radius 1 is 1.25 bits per heavy atom. The summed E-state index contributed by atoms with van der Waals surface area (Å²) in [6, 6.07) is 0. The van der Waals surface area contributed by atoms with Gasteiger partial charge in [0.05, 0.1) is 6.10 Å². The molecule has 0 bridgehead atoms. The van der Waals surface area contributed by atoms with Crippen LogP contribution < -0.4 is 0 Å². The fourth-order valence-electron chi connectivity index (χ4n) is 2.65. The highest BCUT2D eigenvalue weighted by atomic mass is 19.1. The Morgan fingerprint density at radius 3 is 1.92 bits per heavy atom. The van der Waals surface area contributed by atoms with Crippen molar-refractivity contribution < 1.29 is 9.50 Å². The van der Waals surface area contributed by atoms with Gasteiger partial charge in [-0.1, -0.05) is 20.8 Å². The van der Waals surface area contributed by atoms with Crippen molar-refractivity contribution in [2.75, 3.05) is 0 Å². The van der Waals surface area contributed by atoms with E-state index >= 15 is 0 Å². The Hall–Kier alpha value is -0.110. The zero-order valence-corrected chi connectivity index (χ0v) is 8.39. The third-order valence-corrected chi connectivity index (χ3v) is 2.89. The molecule has 0 aromatic heterocycles.